The van der Waals surface area contributed by atoms with Gasteiger partial charge in [0.1, 0.15) is 42.4 Å². The smallest absolute Gasteiger partial charge is 0.325 e. The van der Waals surface area contributed by atoms with Gasteiger partial charge in [0, 0.05) is 6.54 Å². The van der Waals surface area contributed by atoms with E-state index in [2.05, 4.69) is 0 Å². The van der Waals surface area contributed by atoms with Crippen LogP contribution in [0.25, 0.3) is 0 Å². The number of piperidine rings is 2. The second kappa shape index (κ2) is 16.7. The summed E-state index contributed by atoms with van der Waals surface area (Å²) in [5.41, 5.74) is 1.52. The maximum atomic E-state index is 13.1. The molecule has 4 aromatic rings. The molecule has 0 aromatic heterocycles. The molecule has 8 rings (SSSR count). The number of morpholine rings is 1. The van der Waals surface area contributed by atoms with Crippen molar-refractivity contribution in [2.75, 3.05) is 13.1 Å². The fourth-order valence-electron chi connectivity index (χ4n) is 6.86. The van der Waals surface area contributed by atoms with Crippen molar-refractivity contribution in [3.63, 3.8) is 0 Å². The van der Waals surface area contributed by atoms with Crippen molar-refractivity contribution in [2.45, 2.75) is 85.8 Å². The highest BCUT2D eigenvalue weighted by atomic mass is 32.2. The van der Waals surface area contributed by atoms with Crippen molar-refractivity contribution in [1.82, 2.24) is 14.1 Å². The molecule has 4 aliphatic heterocycles. The average molecular weight is 808 g/mol. The van der Waals surface area contributed by atoms with Gasteiger partial charge in [0.25, 0.3) is 5.91 Å². The second-order valence-electron chi connectivity index (χ2n) is 14.5. The molecule has 4 aliphatic rings. The zero-order valence-corrected chi connectivity index (χ0v) is 32.6. The van der Waals surface area contributed by atoms with Gasteiger partial charge >= 0.3 is 5.97 Å². The molecule has 4 heterocycles. The Morgan fingerprint density at radius 3 is 1.66 bits per heavy atom. The summed E-state index contributed by atoms with van der Waals surface area (Å²) in [4.78, 5) is 24.2. The summed E-state index contributed by atoms with van der Waals surface area (Å²) in [7, 11) is -7.85. The summed E-state index contributed by atoms with van der Waals surface area (Å²) >= 11 is 0. The lowest BCUT2D eigenvalue weighted by molar-refractivity contribution is -0.186. The van der Waals surface area contributed by atoms with E-state index in [9.17, 15) is 31.5 Å². The number of β-amino-alcohol motifs (C(OH)–C–C–N with tert-alkyl or cyclic N) is 1. The molecule has 4 saturated heterocycles. The van der Waals surface area contributed by atoms with Gasteiger partial charge in [-0.15, -0.1) is 0 Å². The molecule has 4 atom stereocenters. The number of ether oxygens (including phenoxy) is 3. The molecule has 16 heteroatoms. The first-order chi connectivity index (χ1) is 26.6. The summed E-state index contributed by atoms with van der Waals surface area (Å²) < 4.78 is 71.2. The third-order valence-corrected chi connectivity index (χ3v) is 13.7. The molecular weight excluding hydrogens is 763 g/mol. The number of carbonyl (C=O) groups is 2. The van der Waals surface area contributed by atoms with Gasteiger partial charge < -0.3 is 19.3 Å². The van der Waals surface area contributed by atoms with Crippen LogP contribution >= 0.6 is 0 Å². The first kappa shape index (κ1) is 40.8. The number of hydroxylamine groups is 1. The van der Waals surface area contributed by atoms with E-state index >= 15 is 0 Å². The summed E-state index contributed by atoms with van der Waals surface area (Å²) in [5.74, 6) is -0.194. The number of carbonyl (C=O) groups excluding carboxylic acids is 2. The van der Waals surface area contributed by atoms with Crippen molar-refractivity contribution in [1.29, 1.82) is 0 Å². The van der Waals surface area contributed by atoms with Crippen LogP contribution in [-0.2, 0) is 47.6 Å². The minimum atomic E-state index is -4.08. The minimum absolute atomic E-state index is 0.0296. The number of sulfonamides is 2. The van der Waals surface area contributed by atoms with Crippen LogP contribution in [0.5, 0.6) is 11.5 Å². The Kier molecular flexibility index (Phi) is 12.2. The van der Waals surface area contributed by atoms with Crippen molar-refractivity contribution < 1.29 is 50.9 Å². The first-order valence-electron chi connectivity index (χ1n) is 18.1. The van der Waals surface area contributed by atoms with Crippen molar-refractivity contribution >= 4 is 31.9 Å². The Morgan fingerprint density at radius 2 is 1.21 bits per heavy atom. The Bertz CT molecular complexity index is 2210. The fourth-order valence-corrected chi connectivity index (χ4v) is 10.3. The number of benzene rings is 4. The highest BCUT2D eigenvalue weighted by molar-refractivity contribution is 7.89. The number of nitrogens with zero attached hydrogens (tertiary/aromatic N) is 2. The van der Waals surface area contributed by atoms with Crippen LogP contribution in [0.3, 0.4) is 0 Å². The van der Waals surface area contributed by atoms with E-state index in [0.717, 1.165) is 15.4 Å². The van der Waals surface area contributed by atoms with Crippen LogP contribution in [0.1, 0.15) is 50.7 Å². The van der Waals surface area contributed by atoms with E-state index in [1.54, 1.807) is 31.2 Å². The molecule has 0 spiro atoms. The molecular formula is C40H45N3O11S2. The monoisotopic (exact) mass is 807 g/mol. The van der Waals surface area contributed by atoms with Gasteiger partial charge in [0.15, 0.2) is 0 Å². The quantitative estimate of drug-likeness (QED) is 0.111. The Hall–Kier alpha value is -4.84. The minimum Gasteiger partial charge on any atom is -0.489 e. The number of amides is 1. The van der Waals surface area contributed by atoms with Crippen LogP contribution in [0.15, 0.2) is 119 Å². The maximum Gasteiger partial charge on any atom is 0.325 e. The van der Waals surface area contributed by atoms with Gasteiger partial charge in [-0.1, -0.05) is 60.7 Å². The van der Waals surface area contributed by atoms with Gasteiger partial charge in [-0.3, -0.25) is 14.8 Å². The van der Waals surface area contributed by atoms with Crippen molar-refractivity contribution in [3.05, 3.63) is 120 Å². The number of esters is 1. The van der Waals surface area contributed by atoms with Gasteiger partial charge in [0.05, 0.1) is 21.9 Å². The van der Waals surface area contributed by atoms with Crippen LogP contribution in [0, 0.1) is 0 Å². The molecule has 4 unspecified atom stereocenters. The maximum absolute atomic E-state index is 13.1. The average Bonchev–Trinajstić information content (AvgIpc) is 3.19. The number of nitrogens with one attached hydrogen (secondary N) is 1. The predicted molar refractivity (Wildman–Crippen MR) is 203 cm³/mol. The zero-order valence-electron chi connectivity index (χ0n) is 31.0. The van der Waals surface area contributed by atoms with E-state index in [-0.39, 0.29) is 35.7 Å². The van der Waals surface area contributed by atoms with Crippen molar-refractivity contribution in [3.8, 4) is 11.5 Å². The number of hydrogen-bond acceptors (Lipinski definition) is 11. The van der Waals surface area contributed by atoms with E-state index in [0.29, 0.717) is 37.6 Å². The number of rotatable bonds is 11. The molecule has 298 valence electrons. The predicted octanol–water partition coefficient (Wildman–Crippen LogP) is 4.41. The van der Waals surface area contributed by atoms with E-state index in [1.165, 1.54) is 41.0 Å². The van der Waals surface area contributed by atoms with E-state index in [1.807, 2.05) is 60.7 Å². The lowest BCUT2D eigenvalue weighted by atomic mass is 9.88. The SMILES string of the molecule is CC1(O)CCC(C(=O)NO)N(S(=O)(=O)c2ccc(OCc3ccccc3)cc2)C1.CC12CCC(C(=O)O1)N(S(=O)(=O)c1ccc(OCc3ccccc3)cc1)C2. The molecule has 2 bridgehead atoms. The molecule has 0 saturated carbocycles. The van der Waals surface area contributed by atoms with Crippen LogP contribution in [0.2, 0.25) is 0 Å². The molecule has 3 N–H and O–H groups in total. The Labute approximate surface area is 326 Å². The largest absolute Gasteiger partial charge is 0.489 e. The van der Waals surface area contributed by atoms with Crippen LogP contribution in [-0.4, -0.2) is 84.0 Å². The van der Waals surface area contributed by atoms with Gasteiger partial charge in [0.2, 0.25) is 20.0 Å². The molecule has 4 fully saturated rings. The molecule has 0 radical (unpaired) electrons. The molecule has 0 aliphatic carbocycles. The van der Waals surface area contributed by atoms with E-state index in [4.69, 9.17) is 19.4 Å². The lowest BCUT2D eigenvalue weighted by Gasteiger charge is -2.48. The summed E-state index contributed by atoms with van der Waals surface area (Å²) in [6, 6.07) is 29.7. The van der Waals surface area contributed by atoms with Crippen LogP contribution in [0.4, 0.5) is 0 Å². The van der Waals surface area contributed by atoms with Gasteiger partial charge in [-0.05, 0) is 99.2 Å². The molecule has 4 aromatic carbocycles. The third kappa shape index (κ3) is 9.40. The summed E-state index contributed by atoms with van der Waals surface area (Å²) in [5, 5.41) is 19.3. The van der Waals surface area contributed by atoms with Crippen molar-refractivity contribution in [2.24, 2.45) is 0 Å². The summed E-state index contributed by atoms with van der Waals surface area (Å²) in [6.07, 6.45) is 1.51. The van der Waals surface area contributed by atoms with Gasteiger partial charge in [-0.2, -0.15) is 8.61 Å². The molecule has 1 amide bonds. The highest BCUT2D eigenvalue weighted by Gasteiger charge is 2.53. The Morgan fingerprint density at radius 1 is 0.732 bits per heavy atom. The second-order valence-corrected chi connectivity index (χ2v) is 18.3. The molecule has 56 heavy (non-hydrogen) atoms. The highest BCUT2D eigenvalue weighted by Crippen LogP contribution is 2.39. The topological polar surface area (TPSA) is 189 Å². The van der Waals surface area contributed by atoms with Crippen LogP contribution < -0.4 is 15.0 Å². The number of aliphatic hydroxyl groups is 1. The number of fused-ring (bicyclic) bond motifs is 3. The number of hydrogen-bond donors (Lipinski definition) is 3. The normalized spacial score (nSPS) is 24.0. The van der Waals surface area contributed by atoms with E-state index < -0.39 is 55.2 Å². The summed E-state index contributed by atoms with van der Waals surface area (Å²) in [6.45, 7) is 4.00. The standard InChI is InChI=1S/C20H24N2O6S.C20H21NO5S/c1-20(24)12-11-18(19(23)21-25)22(14-20)29(26,27)17-9-7-16(8-10-17)28-13-15-5-3-2-4-6-15;1-20-12-11-18(19(22)26-20)21(14-20)27(23,24)17-9-7-16(8-10-17)25-13-15-5-3-2-4-6-15/h2-10,18,24-25H,11-14H2,1H3,(H,21,23);2-10,18H,11-14H2,1H3. The third-order valence-electron chi connectivity index (χ3n) is 9.97. The molecule has 14 nitrogen and oxygen atoms in total. The Balaban J connectivity index is 0.000000190. The first-order valence-corrected chi connectivity index (χ1v) is 20.9. The fraction of sp³-hybridized carbons (Fsp3) is 0.350. The lowest BCUT2D eigenvalue weighted by Crippen LogP contribution is -2.63. The zero-order chi connectivity index (χ0) is 40.1. The van der Waals surface area contributed by atoms with Gasteiger partial charge in [-0.25, -0.2) is 22.3 Å².